The molecule has 0 fully saturated rings. The van der Waals surface area contributed by atoms with Crippen LogP contribution in [0.3, 0.4) is 0 Å². The third-order valence-electron chi connectivity index (χ3n) is 4.38. The van der Waals surface area contributed by atoms with E-state index in [0.717, 1.165) is 12.0 Å². The maximum Gasteiger partial charge on any atom is 0.411 e. The quantitative estimate of drug-likeness (QED) is 0.636. The Labute approximate surface area is 173 Å². The highest BCUT2D eigenvalue weighted by Crippen LogP contribution is 2.16. The van der Waals surface area contributed by atoms with Crippen LogP contribution in [0.5, 0.6) is 0 Å². The molecule has 30 heavy (non-hydrogen) atoms. The average Bonchev–Trinajstić information content (AvgIpc) is 2.71. The molecular formula is C22H25F3N2O3. The Morgan fingerprint density at radius 2 is 1.70 bits per heavy atom. The molecule has 0 bridgehead atoms. The van der Waals surface area contributed by atoms with Crippen LogP contribution in [-0.4, -0.2) is 30.6 Å². The SMILES string of the molecule is CCC(C)NC(=O)c1cccc(CNC(=O)c2ccc(COCC(F)(F)F)cc2)c1. The summed E-state index contributed by atoms with van der Waals surface area (Å²) in [7, 11) is 0. The van der Waals surface area contributed by atoms with Crippen LogP contribution in [0.25, 0.3) is 0 Å². The Bertz CT molecular complexity index is 851. The third-order valence-corrected chi connectivity index (χ3v) is 4.38. The highest BCUT2D eigenvalue weighted by molar-refractivity contribution is 5.95. The number of rotatable bonds is 9. The van der Waals surface area contributed by atoms with Crippen LogP contribution in [0.4, 0.5) is 13.2 Å². The molecule has 2 aromatic rings. The van der Waals surface area contributed by atoms with Crippen LogP contribution in [0.1, 0.15) is 52.1 Å². The molecule has 2 N–H and O–H groups in total. The van der Waals surface area contributed by atoms with E-state index in [0.29, 0.717) is 16.7 Å². The molecule has 0 aromatic heterocycles. The van der Waals surface area contributed by atoms with Gasteiger partial charge in [0.15, 0.2) is 0 Å². The number of hydrogen-bond donors (Lipinski definition) is 2. The Kier molecular flexibility index (Phi) is 8.41. The lowest BCUT2D eigenvalue weighted by atomic mass is 10.1. The number of hydrogen-bond acceptors (Lipinski definition) is 3. The lowest BCUT2D eigenvalue weighted by molar-refractivity contribution is -0.176. The van der Waals surface area contributed by atoms with E-state index < -0.39 is 12.8 Å². The van der Waals surface area contributed by atoms with Gasteiger partial charge in [0.25, 0.3) is 11.8 Å². The van der Waals surface area contributed by atoms with Crippen molar-refractivity contribution in [2.75, 3.05) is 6.61 Å². The number of amides is 2. The number of ether oxygens (including phenoxy) is 1. The summed E-state index contributed by atoms with van der Waals surface area (Å²) in [5.41, 5.74) is 2.21. The number of alkyl halides is 3. The number of halogens is 3. The van der Waals surface area contributed by atoms with Crippen LogP contribution < -0.4 is 10.6 Å². The van der Waals surface area contributed by atoms with Crippen molar-refractivity contribution in [1.82, 2.24) is 10.6 Å². The van der Waals surface area contributed by atoms with Gasteiger partial charge in [0, 0.05) is 23.7 Å². The molecule has 1 unspecified atom stereocenters. The zero-order chi connectivity index (χ0) is 22.1. The summed E-state index contributed by atoms with van der Waals surface area (Å²) in [6, 6.07) is 13.2. The highest BCUT2D eigenvalue weighted by Gasteiger charge is 2.27. The van der Waals surface area contributed by atoms with Crippen molar-refractivity contribution in [2.45, 2.75) is 45.6 Å². The zero-order valence-corrected chi connectivity index (χ0v) is 16.9. The normalized spacial score (nSPS) is 12.3. The molecule has 0 saturated heterocycles. The predicted octanol–water partition coefficient (Wildman–Crippen LogP) is 4.22. The van der Waals surface area contributed by atoms with Gasteiger partial charge in [0.05, 0.1) is 6.61 Å². The van der Waals surface area contributed by atoms with Gasteiger partial charge in [-0.2, -0.15) is 13.2 Å². The van der Waals surface area contributed by atoms with Crippen molar-refractivity contribution in [3.05, 3.63) is 70.8 Å². The molecule has 0 radical (unpaired) electrons. The van der Waals surface area contributed by atoms with Gasteiger partial charge >= 0.3 is 6.18 Å². The molecule has 0 spiro atoms. The van der Waals surface area contributed by atoms with Gasteiger partial charge in [-0.05, 0) is 48.7 Å². The minimum atomic E-state index is -4.37. The molecule has 0 aliphatic rings. The monoisotopic (exact) mass is 422 g/mol. The van der Waals surface area contributed by atoms with Crippen LogP contribution in [0, 0.1) is 0 Å². The average molecular weight is 422 g/mol. The Morgan fingerprint density at radius 1 is 1.00 bits per heavy atom. The van der Waals surface area contributed by atoms with Crippen molar-refractivity contribution >= 4 is 11.8 Å². The second kappa shape index (κ2) is 10.8. The first-order valence-electron chi connectivity index (χ1n) is 9.59. The van der Waals surface area contributed by atoms with E-state index in [1.807, 2.05) is 13.8 Å². The fraction of sp³-hybridized carbons (Fsp3) is 0.364. The first kappa shape index (κ1) is 23.4. The summed E-state index contributed by atoms with van der Waals surface area (Å²) < 4.78 is 40.9. The zero-order valence-electron chi connectivity index (χ0n) is 16.9. The molecule has 0 saturated carbocycles. The standard InChI is InChI=1S/C22H25F3N2O3/c1-3-15(2)27-21(29)19-6-4-5-17(11-19)12-26-20(28)18-9-7-16(8-10-18)13-30-14-22(23,24)25/h4-11,15H,3,12-14H2,1-2H3,(H,26,28)(H,27,29). The fourth-order valence-electron chi connectivity index (χ4n) is 2.55. The fourth-order valence-corrected chi connectivity index (χ4v) is 2.55. The van der Waals surface area contributed by atoms with Gasteiger partial charge in [0.1, 0.15) is 6.61 Å². The van der Waals surface area contributed by atoms with Crippen LogP contribution >= 0.6 is 0 Å². The van der Waals surface area contributed by atoms with Gasteiger partial charge in [-0.1, -0.05) is 31.2 Å². The molecule has 8 heteroatoms. The summed E-state index contributed by atoms with van der Waals surface area (Å²) >= 11 is 0. The second-order valence-electron chi connectivity index (χ2n) is 6.97. The van der Waals surface area contributed by atoms with E-state index in [9.17, 15) is 22.8 Å². The van der Waals surface area contributed by atoms with Gasteiger partial charge < -0.3 is 15.4 Å². The van der Waals surface area contributed by atoms with E-state index in [1.165, 1.54) is 12.1 Å². The van der Waals surface area contributed by atoms with Gasteiger partial charge in [-0.15, -0.1) is 0 Å². The lowest BCUT2D eigenvalue weighted by Crippen LogP contribution is -2.32. The Morgan fingerprint density at radius 3 is 2.33 bits per heavy atom. The lowest BCUT2D eigenvalue weighted by Gasteiger charge is -2.12. The molecule has 5 nitrogen and oxygen atoms in total. The largest absolute Gasteiger partial charge is 0.411 e. The minimum absolute atomic E-state index is 0.0719. The molecule has 0 aliphatic heterocycles. The number of carbonyl (C=O) groups is 2. The predicted molar refractivity (Wildman–Crippen MR) is 107 cm³/mol. The number of benzene rings is 2. The van der Waals surface area contributed by atoms with E-state index in [-0.39, 0.29) is 31.0 Å². The Balaban J connectivity index is 1.88. The summed E-state index contributed by atoms with van der Waals surface area (Å²) in [6.45, 7) is 2.64. The van der Waals surface area contributed by atoms with Crippen LogP contribution in [-0.2, 0) is 17.9 Å². The molecule has 162 valence electrons. The summed E-state index contributed by atoms with van der Waals surface area (Å²) in [4.78, 5) is 24.5. The van der Waals surface area contributed by atoms with E-state index in [2.05, 4.69) is 15.4 Å². The minimum Gasteiger partial charge on any atom is -0.367 e. The van der Waals surface area contributed by atoms with E-state index >= 15 is 0 Å². The first-order valence-corrected chi connectivity index (χ1v) is 9.59. The molecule has 2 amide bonds. The van der Waals surface area contributed by atoms with Gasteiger partial charge in [-0.25, -0.2) is 0 Å². The Hall–Kier alpha value is -2.87. The maximum atomic E-state index is 12.3. The van der Waals surface area contributed by atoms with E-state index in [1.54, 1.807) is 36.4 Å². The highest BCUT2D eigenvalue weighted by atomic mass is 19.4. The topological polar surface area (TPSA) is 67.4 Å². The molecule has 2 aromatic carbocycles. The summed E-state index contributed by atoms with van der Waals surface area (Å²) in [5, 5.41) is 5.66. The molecular weight excluding hydrogens is 397 g/mol. The van der Waals surface area contributed by atoms with Crippen molar-refractivity contribution < 1.29 is 27.5 Å². The van der Waals surface area contributed by atoms with E-state index in [4.69, 9.17) is 0 Å². The number of carbonyl (C=O) groups excluding carboxylic acids is 2. The van der Waals surface area contributed by atoms with Crippen molar-refractivity contribution in [3.63, 3.8) is 0 Å². The van der Waals surface area contributed by atoms with Crippen molar-refractivity contribution in [3.8, 4) is 0 Å². The second-order valence-corrected chi connectivity index (χ2v) is 6.97. The summed E-state index contributed by atoms with van der Waals surface area (Å²) in [5.74, 6) is -0.493. The van der Waals surface area contributed by atoms with Gasteiger partial charge in [0.2, 0.25) is 0 Å². The molecule has 0 aliphatic carbocycles. The summed E-state index contributed by atoms with van der Waals surface area (Å²) in [6.07, 6.45) is -3.54. The van der Waals surface area contributed by atoms with Crippen LogP contribution in [0.15, 0.2) is 48.5 Å². The van der Waals surface area contributed by atoms with Crippen LogP contribution in [0.2, 0.25) is 0 Å². The van der Waals surface area contributed by atoms with Crippen molar-refractivity contribution in [2.24, 2.45) is 0 Å². The molecule has 1 atom stereocenters. The number of nitrogens with one attached hydrogen (secondary N) is 2. The smallest absolute Gasteiger partial charge is 0.367 e. The van der Waals surface area contributed by atoms with Gasteiger partial charge in [-0.3, -0.25) is 9.59 Å². The molecule has 2 rings (SSSR count). The third kappa shape index (κ3) is 7.87. The molecule has 0 heterocycles. The maximum absolute atomic E-state index is 12.3. The first-order chi connectivity index (χ1) is 14.2. The van der Waals surface area contributed by atoms with Crippen molar-refractivity contribution in [1.29, 1.82) is 0 Å².